The summed E-state index contributed by atoms with van der Waals surface area (Å²) in [7, 11) is 0. The van der Waals surface area contributed by atoms with Crippen LogP contribution >= 0.6 is 11.3 Å². The molecule has 2 N–H and O–H groups in total. The van der Waals surface area contributed by atoms with Crippen molar-refractivity contribution < 1.29 is 9.53 Å². The minimum absolute atomic E-state index is 0.0295. The Kier molecular flexibility index (Phi) is 6.09. The second-order valence-electron chi connectivity index (χ2n) is 7.48. The Balaban J connectivity index is 1.78. The highest BCUT2D eigenvalue weighted by molar-refractivity contribution is 7.12. The maximum Gasteiger partial charge on any atom is 0.407 e. The first-order valence-corrected chi connectivity index (χ1v) is 9.40. The molecule has 1 aromatic rings. The number of aryl methyl sites for hydroxylation is 2. The van der Waals surface area contributed by atoms with Crippen LogP contribution in [0.1, 0.15) is 68.8 Å². The van der Waals surface area contributed by atoms with Gasteiger partial charge in [0.05, 0.1) is 0 Å². The Morgan fingerprint density at radius 3 is 2.65 bits per heavy atom. The fourth-order valence-corrected chi connectivity index (χ4v) is 4.03. The highest BCUT2D eigenvalue weighted by Crippen LogP contribution is 2.32. The fourth-order valence-electron chi connectivity index (χ4n) is 2.74. The first-order chi connectivity index (χ1) is 10.7. The third-order valence-electron chi connectivity index (χ3n) is 3.94. The summed E-state index contributed by atoms with van der Waals surface area (Å²) >= 11 is 1.94. The van der Waals surface area contributed by atoms with Crippen LogP contribution in [0.3, 0.4) is 0 Å². The number of fused-ring (bicyclic) bond motifs is 1. The second-order valence-corrected chi connectivity index (χ2v) is 8.65. The summed E-state index contributed by atoms with van der Waals surface area (Å²) in [5.41, 5.74) is 1.09. The van der Waals surface area contributed by atoms with E-state index in [9.17, 15) is 4.79 Å². The van der Waals surface area contributed by atoms with Crippen molar-refractivity contribution in [3.05, 3.63) is 21.4 Å². The molecule has 2 unspecified atom stereocenters. The Hall–Kier alpha value is -1.07. The molecule has 4 nitrogen and oxygen atoms in total. The molecular weight excluding hydrogens is 308 g/mol. The minimum atomic E-state index is -0.458. The second kappa shape index (κ2) is 7.67. The van der Waals surface area contributed by atoms with Crippen molar-refractivity contribution in [1.82, 2.24) is 10.6 Å². The average molecular weight is 339 g/mol. The van der Waals surface area contributed by atoms with E-state index in [2.05, 4.69) is 23.6 Å². The van der Waals surface area contributed by atoms with Crippen LogP contribution in [0.15, 0.2) is 6.07 Å². The molecule has 0 aromatic carbocycles. The van der Waals surface area contributed by atoms with E-state index < -0.39 is 5.60 Å². The maximum absolute atomic E-state index is 11.8. The zero-order valence-corrected chi connectivity index (χ0v) is 15.8. The van der Waals surface area contributed by atoms with Gasteiger partial charge < -0.3 is 15.4 Å². The molecule has 0 spiro atoms. The summed E-state index contributed by atoms with van der Waals surface area (Å²) in [6, 6.07) is 2.71. The van der Waals surface area contributed by atoms with Gasteiger partial charge in [-0.1, -0.05) is 0 Å². The standard InChI is InChI=1S/C18H30N2O2S/c1-12(20-17(21)22-18(3,4)5)11-19-13(2)16-10-14-8-6-7-9-15(14)23-16/h10,12-13,19H,6-9,11H2,1-5H3,(H,20,21). The third kappa shape index (κ3) is 5.81. The summed E-state index contributed by atoms with van der Waals surface area (Å²) in [6.45, 7) is 10.5. The number of nitrogens with one attached hydrogen (secondary N) is 2. The van der Waals surface area contributed by atoms with E-state index in [1.807, 2.05) is 39.0 Å². The molecular formula is C18H30N2O2S. The van der Waals surface area contributed by atoms with Crippen LogP contribution in [0.4, 0.5) is 4.79 Å². The van der Waals surface area contributed by atoms with E-state index >= 15 is 0 Å². The van der Waals surface area contributed by atoms with Gasteiger partial charge in [0.15, 0.2) is 0 Å². The van der Waals surface area contributed by atoms with Crippen LogP contribution in [0.2, 0.25) is 0 Å². The minimum Gasteiger partial charge on any atom is -0.444 e. The molecule has 1 aliphatic carbocycles. The van der Waals surface area contributed by atoms with Crippen LogP contribution in [0.25, 0.3) is 0 Å². The van der Waals surface area contributed by atoms with Gasteiger partial charge in [0.25, 0.3) is 0 Å². The van der Waals surface area contributed by atoms with E-state index in [0.29, 0.717) is 6.04 Å². The van der Waals surface area contributed by atoms with Gasteiger partial charge in [0, 0.05) is 28.4 Å². The molecule has 0 aliphatic heterocycles. The van der Waals surface area contributed by atoms with Crippen LogP contribution < -0.4 is 10.6 Å². The molecule has 1 heterocycles. The van der Waals surface area contributed by atoms with Crippen LogP contribution in [-0.4, -0.2) is 24.3 Å². The van der Waals surface area contributed by atoms with Crippen molar-refractivity contribution in [2.45, 2.75) is 78.0 Å². The molecule has 2 atom stereocenters. The predicted octanol–water partition coefficient (Wildman–Crippen LogP) is 4.19. The summed E-state index contributed by atoms with van der Waals surface area (Å²) in [4.78, 5) is 14.7. The molecule has 1 amide bonds. The lowest BCUT2D eigenvalue weighted by molar-refractivity contribution is 0.0508. The first kappa shape index (κ1) is 18.3. The number of carbonyl (C=O) groups excluding carboxylic acids is 1. The Labute approximate surface area is 144 Å². The van der Waals surface area contributed by atoms with Crippen molar-refractivity contribution in [3.63, 3.8) is 0 Å². The van der Waals surface area contributed by atoms with Gasteiger partial charge >= 0.3 is 6.09 Å². The smallest absolute Gasteiger partial charge is 0.407 e. The van der Waals surface area contributed by atoms with Crippen LogP contribution in [-0.2, 0) is 17.6 Å². The largest absolute Gasteiger partial charge is 0.444 e. The molecule has 1 aromatic heterocycles. The van der Waals surface area contributed by atoms with Crippen molar-refractivity contribution in [3.8, 4) is 0 Å². The fraction of sp³-hybridized carbons (Fsp3) is 0.722. The highest BCUT2D eigenvalue weighted by Gasteiger charge is 2.19. The third-order valence-corrected chi connectivity index (χ3v) is 5.36. The topological polar surface area (TPSA) is 50.4 Å². The predicted molar refractivity (Wildman–Crippen MR) is 96.2 cm³/mol. The Morgan fingerprint density at radius 1 is 1.30 bits per heavy atom. The van der Waals surface area contributed by atoms with Gasteiger partial charge in [-0.15, -0.1) is 11.3 Å². The molecule has 5 heteroatoms. The molecule has 0 saturated heterocycles. The van der Waals surface area contributed by atoms with Gasteiger partial charge in [-0.25, -0.2) is 4.79 Å². The molecule has 130 valence electrons. The van der Waals surface area contributed by atoms with Gasteiger partial charge in [-0.2, -0.15) is 0 Å². The quantitative estimate of drug-likeness (QED) is 0.846. The van der Waals surface area contributed by atoms with E-state index in [1.165, 1.54) is 30.6 Å². The molecule has 0 fully saturated rings. The van der Waals surface area contributed by atoms with Crippen molar-refractivity contribution in [2.75, 3.05) is 6.54 Å². The molecule has 0 bridgehead atoms. The lowest BCUT2D eigenvalue weighted by Gasteiger charge is -2.23. The van der Waals surface area contributed by atoms with E-state index in [-0.39, 0.29) is 12.1 Å². The number of ether oxygens (including phenoxy) is 1. The number of hydrogen-bond donors (Lipinski definition) is 2. The van der Waals surface area contributed by atoms with Gasteiger partial charge in [-0.05, 0) is 71.9 Å². The van der Waals surface area contributed by atoms with Crippen molar-refractivity contribution in [2.24, 2.45) is 0 Å². The average Bonchev–Trinajstić information content (AvgIpc) is 2.86. The molecule has 23 heavy (non-hydrogen) atoms. The number of hydrogen-bond acceptors (Lipinski definition) is 4. The van der Waals surface area contributed by atoms with Crippen LogP contribution in [0.5, 0.6) is 0 Å². The Bertz CT molecular complexity index is 510. The van der Waals surface area contributed by atoms with Crippen molar-refractivity contribution >= 4 is 17.4 Å². The van der Waals surface area contributed by atoms with E-state index in [1.54, 1.807) is 10.4 Å². The zero-order valence-electron chi connectivity index (χ0n) is 15.0. The molecule has 2 rings (SSSR count). The highest BCUT2D eigenvalue weighted by atomic mass is 32.1. The molecule has 0 saturated carbocycles. The monoisotopic (exact) mass is 338 g/mol. The van der Waals surface area contributed by atoms with Gasteiger partial charge in [0.1, 0.15) is 5.60 Å². The number of alkyl carbamates (subject to hydrolysis) is 1. The lowest BCUT2D eigenvalue weighted by Crippen LogP contribution is -2.43. The number of rotatable bonds is 5. The lowest BCUT2D eigenvalue weighted by atomic mass is 9.99. The van der Waals surface area contributed by atoms with E-state index in [4.69, 9.17) is 4.74 Å². The summed E-state index contributed by atoms with van der Waals surface area (Å²) < 4.78 is 5.28. The summed E-state index contributed by atoms with van der Waals surface area (Å²) in [6.07, 6.45) is 4.76. The summed E-state index contributed by atoms with van der Waals surface area (Å²) in [5.74, 6) is 0. The zero-order chi connectivity index (χ0) is 17.0. The maximum atomic E-state index is 11.8. The normalized spacial score (nSPS) is 17.3. The van der Waals surface area contributed by atoms with Gasteiger partial charge in [0.2, 0.25) is 0 Å². The molecule has 1 aliphatic rings. The Morgan fingerprint density at radius 2 is 2.00 bits per heavy atom. The van der Waals surface area contributed by atoms with Crippen LogP contribution in [0, 0.1) is 0 Å². The summed E-state index contributed by atoms with van der Waals surface area (Å²) in [5, 5.41) is 6.39. The molecule has 0 radical (unpaired) electrons. The van der Waals surface area contributed by atoms with E-state index in [0.717, 1.165) is 6.54 Å². The van der Waals surface area contributed by atoms with Crippen molar-refractivity contribution in [1.29, 1.82) is 0 Å². The number of carbonyl (C=O) groups is 1. The first-order valence-electron chi connectivity index (χ1n) is 8.59. The number of amides is 1. The number of thiophene rings is 1. The van der Waals surface area contributed by atoms with Gasteiger partial charge in [-0.3, -0.25) is 0 Å². The SMILES string of the molecule is CC(CNC(C)c1cc2c(s1)CCCC2)NC(=O)OC(C)(C)C.